The van der Waals surface area contributed by atoms with E-state index in [9.17, 15) is 0 Å². The van der Waals surface area contributed by atoms with Crippen LogP contribution in [0.4, 0.5) is 0 Å². The van der Waals surface area contributed by atoms with Crippen molar-refractivity contribution in [3.8, 4) is 11.3 Å². The van der Waals surface area contributed by atoms with Crippen LogP contribution in [0.5, 0.6) is 0 Å². The molecule has 0 fully saturated rings. The van der Waals surface area contributed by atoms with Crippen molar-refractivity contribution < 1.29 is 4.42 Å². The van der Waals surface area contributed by atoms with Crippen LogP contribution in [0.25, 0.3) is 21.5 Å². The fourth-order valence-corrected chi connectivity index (χ4v) is 4.34. The Labute approximate surface area is 130 Å². The summed E-state index contributed by atoms with van der Waals surface area (Å²) in [5.74, 6) is 0.888. The summed E-state index contributed by atoms with van der Waals surface area (Å²) < 4.78 is 7.80. The third-order valence-corrected chi connectivity index (χ3v) is 5.32. The summed E-state index contributed by atoms with van der Waals surface area (Å²) in [6.45, 7) is 0. The minimum absolute atomic E-state index is 0.888. The fourth-order valence-electron chi connectivity index (χ4n) is 2.18. The van der Waals surface area contributed by atoms with Gasteiger partial charge in [-0.1, -0.05) is 42.1 Å². The van der Waals surface area contributed by atoms with Gasteiger partial charge >= 0.3 is 0 Å². The van der Waals surface area contributed by atoms with Crippen LogP contribution >= 0.6 is 23.1 Å². The second kappa shape index (κ2) is 5.39. The summed E-state index contributed by atoms with van der Waals surface area (Å²) in [4.78, 5) is 5.84. The topological polar surface area (TPSA) is 26.0 Å². The van der Waals surface area contributed by atoms with Gasteiger partial charge in [0.2, 0.25) is 0 Å². The maximum absolute atomic E-state index is 5.53. The van der Waals surface area contributed by atoms with E-state index < -0.39 is 0 Å². The lowest BCUT2D eigenvalue weighted by Crippen LogP contribution is -1.79. The van der Waals surface area contributed by atoms with Crippen molar-refractivity contribution >= 4 is 33.3 Å². The molecule has 2 aromatic carbocycles. The monoisotopic (exact) mass is 309 g/mol. The molecule has 0 bridgehead atoms. The van der Waals surface area contributed by atoms with Gasteiger partial charge in [0.1, 0.15) is 5.76 Å². The van der Waals surface area contributed by atoms with Crippen LogP contribution in [-0.4, -0.2) is 4.98 Å². The van der Waals surface area contributed by atoms with Gasteiger partial charge in [0.25, 0.3) is 0 Å². The standard InChI is InChI=1S/C17H11NOS2/c1-3-9-15(12(6-1)14-8-5-11-19-14)20-17-18-13-7-2-4-10-16(13)21-17/h1-11H. The van der Waals surface area contributed by atoms with Crippen molar-refractivity contribution in [2.45, 2.75) is 9.24 Å². The molecule has 0 N–H and O–H groups in total. The van der Waals surface area contributed by atoms with Crippen LogP contribution in [-0.2, 0) is 0 Å². The van der Waals surface area contributed by atoms with Gasteiger partial charge in [-0.05, 0) is 30.3 Å². The molecule has 0 spiro atoms. The van der Waals surface area contributed by atoms with Crippen LogP contribution in [0.3, 0.4) is 0 Å². The summed E-state index contributed by atoms with van der Waals surface area (Å²) in [6.07, 6.45) is 1.70. The van der Waals surface area contributed by atoms with Crippen LogP contribution < -0.4 is 0 Å². The summed E-state index contributed by atoms with van der Waals surface area (Å²) >= 11 is 3.40. The predicted molar refractivity (Wildman–Crippen MR) is 87.9 cm³/mol. The number of nitrogens with zero attached hydrogens (tertiary/aromatic N) is 1. The lowest BCUT2D eigenvalue weighted by atomic mass is 10.2. The maximum atomic E-state index is 5.53. The van der Waals surface area contributed by atoms with E-state index in [1.807, 2.05) is 42.5 Å². The van der Waals surface area contributed by atoms with Crippen molar-refractivity contribution in [1.29, 1.82) is 0 Å². The average molecular weight is 309 g/mol. The molecule has 4 rings (SSSR count). The number of benzene rings is 2. The number of fused-ring (bicyclic) bond motifs is 1. The minimum Gasteiger partial charge on any atom is -0.464 e. The van der Waals surface area contributed by atoms with Crippen molar-refractivity contribution in [2.75, 3.05) is 0 Å². The number of furan rings is 1. The van der Waals surface area contributed by atoms with Gasteiger partial charge in [0.15, 0.2) is 4.34 Å². The highest BCUT2D eigenvalue weighted by Gasteiger charge is 2.11. The lowest BCUT2D eigenvalue weighted by Gasteiger charge is -2.04. The molecule has 4 heteroatoms. The largest absolute Gasteiger partial charge is 0.464 e. The number of hydrogen-bond donors (Lipinski definition) is 0. The van der Waals surface area contributed by atoms with Crippen molar-refractivity contribution in [1.82, 2.24) is 4.98 Å². The fraction of sp³-hybridized carbons (Fsp3) is 0. The Hall–Kier alpha value is -2.04. The molecular weight excluding hydrogens is 298 g/mol. The van der Waals surface area contributed by atoms with Crippen molar-refractivity contribution in [3.63, 3.8) is 0 Å². The number of hydrogen-bond acceptors (Lipinski definition) is 4. The number of aromatic nitrogens is 1. The third-order valence-electron chi connectivity index (χ3n) is 3.15. The van der Waals surface area contributed by atoms with Gasteiger partial charge in [0.05, 0.1) is 16.5 Å². The van der Waals surface area contributed by atoms with E-state index in [0.29, 0.717) is 0 Å². The molecule has 2 aromatic heterocycles. The molecule has 0 unspecified atom stereocenters. The maximum Gasteiger partial charge on any atom is 0.155 e. The van der Waals surface area contributed by atoms with Gasteiger partial charge in [-0.3, -0.25) is 0 Å². The first-order chi connectivity index (χ1) is 10.4. The van der Waals surface area contributed by atoms with E-state index in [1.54, 1.807) is 29.4 Å². The SMILES string of the molecule is c1coc(-c2ccccc2Sc2nc3ccccc3s2)c1. The molecule has 0 saturated carbocycles. The Bertz CT molecular complexity index is 848. The van der Waals surface area contributed by atoms with E-state index in [-0.39, 0.29) is 0 Å². The summed E-state index contributed by atoms with van der Waals surface area (Å²) in [6, 6.07) is 20.4. The van der Waals surface area contributed by atoms with Gasteiger partial charge in [-0.2, -0.15) is 0 Å². The zero-order valence-corrected chi connectivity index (χ0v) is 12.7. The van der Waals surface area contributed by atoms with Crippen LogP contribution in [0.2, 0.25) is 0 Å². The summed E-state index contributed by atoms with van der Waals surface area (Å²) in [5, 5.41) is 0. The molecule has 2 heterocycles. The molecule has 0 amide bonds. The molecule has 0 aliphatic heterocycles. The first-order valence-electron chi connectivity index (χ1n) is 6.56. The van der Waals surface area contributed by atoms with E-state index in [2.05, 4.69) is 23.2 Å². The third kappa shape index (κ3) is 2.48. The molecular formula is C17H11NOS2. The molecule has 2 nitrogen and oxygen atoms in total. The second-order valence-corrected chi connectivity index (χ2v) is 6.84. The number of rotatable bonds is 3. The normalized spacial score (nSPS) is 11.0. The van der Waals surface area contributed by atoms with Crippen molar-refractivity contribution in [3.05, 3.63) is 66.9 Å². The molecule has 0 aliphatic carbocycles. The van der Waals surface area contributed by atoms with Gasteiger partial charge in [0, 0.05) is 10.5 Å². The molecule has 4 aromatic rings. The zero-order valence-electron chi connectivity index (χ0n) is 11.0. The first kappa shape index (κ1) is 12.7. The zero-order chi connectivity index (χ0) is 14.1. The highest BCUT2D eigenvalue weighted by Crippen LogP contribution is 2.39. The van der Waals surface area contributed by atoms with Gasteiger partial charge < -0.3 is 4.42 Å². The van der Waals surface area contributed by atoms with Crippen LogP contribution in [0, 0.1) is 0 Å². The second-order valence-electron chi connectivity index (χ2n) is 4.52. The Balaban J connectivity index is 1.74. The molecule has 21 heavy (non-hydrogen) atoms. The molecule has 0 saturated heterocycles. The highest BCUT2D eigenvalue weighted by molar-refractivity contribution is 8.01. The lowest BCUT2D eigenvalue weighted by molar-refractivity contribution is 0.581. The molecule has 0 radical (unpaired) electrons. The van der Waals surface area contributed by atoms with E-state index in [0.717, 1.165) is 26.1 Å². The van der Waals surface area contributed by atoms with Crippen LogP contribution in [0.1, 0.15) is 0 Å². The van der Waals surface area contributed by atoms with Gasteiger partial charge in [-0.25, -0.2) is 4.98 Å². The Morgan fingerprint density at radius 2 is 1.76 bits per heavy atom. The number of thiazole rings is 1. The first-order valence-corrected chi connectivity index (χ1v) is 8.20. The highest BCUT2D eigenvalue weighted by atomic mass is 32.2. The Morgan fingerprint density at radius 1 is 0.905 bits per heavy atom. The van der Waals surface area contributed by atoms with Crippen LogP contribution in [0.15, 0.2) is 80.6 Å². The van der Waals surface area contributed by atoms with E-state index in [4.69, 9.17) is 4.42 Å². The molecule has 0 atom stereocenters. The predicted octanol–water partition coefficient (Wildman–Crippen LogP) is 5.71. The minimum atomic E-state index is 0.888. The molecule has 0 aliphatic rings. The van der Waals surface area contributed by atoms with E-state index >= 15 is 0 Å². The Kier molecular flexibility index (Phi) is 3.25. The smallest absolute Gasteiger partial charge is 0.155 e. The Morgan fingerprint density at radius 3 is 2.62 bits per heavy atom. The van der Waals surface area contributed by atoms with E-state index in [1.165, 1.54) is 4.70 Å². The molecule has 102 valence electrons. The average Bonchev–Trinajstić information content (AvgIpc) is 3.16. The summed E-state index contributed by atoms with van der Waals surface area (Å²) in [7, 11) is 0. The number of para-hydroxylation sites is 1. The van der Waals surface area contributed by atoms with Crippen molar-refractivity contribution in [2.24, 2.45) is 0 Å². The summed E-state index contributed by atoms with van der Waals surface area (Å²) in [5.41, 5.74) is 2.16. The quantitative estimate of drug-likeness (QED) is 0.485. The van der Waals surface area contributed by atoms with Gasteiger partial charge in [-0.15, -0.1) is 11.3 Å².